The molecule has 1 aliphatic rings. The number of carbonyl (C=O) groups is 2. The van der Waals surface area contributed by atoms with Gasteiger partial charge in [0, 0.05) is 25.0 Å². The first-order valence-corrected chi connectivity index (χ1v) is 11.8. The Labute approximate surface area is 209 Å². The number of aliphatic hydroxyl groups excluding tert-OH is 1. The second-order valence-corrected chi connectivity index (χ2v) is 8.36. The van der Waals surface area contributed by atoms with E-state index in [-0.39, 0.29) is 23.4 Å². The van der Waals surface area contributed by atoms with E-state index in [1.807, 2.05) is 24.3 Å². The summed E-state index contributed by atoms with van der Waals surface area (Å²) in [7, 11) is 1.38. The topological polar surface area (TPSA) is 83.0 Å². The lowest BCUT2D eigenvalue weighted by atomic mass is 9.94. The highest BCUT2D eigenvalue weighted by molar-refractivity contribution is 6.46. The number of benzene rings is 2. The van der Waals surface area contributed by atoms with Gasteiger partial charge in [-0.3, -0.25) is 14.6 Å². The smallest absolute Gasteiger partial charge is 0.296 e. The normalized spacial score (nSPS) is 16.9. The van der Waals surface area contributed by atoms with E-state index in [1.165, 1.54) is 24.1 Å². The molecule has 0 spiro atoms. The Kier molecular flexibility index (Phi) is 7.33. The monoisotopic (exact) mass is 489 g/mol. The maximum Gasteiger partial charge on any atom is 0.296 e. The molecular formula is C28H28FN3O4. The number of pyridine rings is 1. The van der Waals surface area contributed by atoms with Crippen molar-refractivity contribution >= 4 is 23.1 Å². The first kappa shape index (κ1) is 24.9. The molecule has 8 heteroatoms. The van der Waals surface area contributed by atoms with E-state index in [0.29, 0.717) is 11.3 Å². The van der Waals surface area contributed by atoms with Gasteiger partial charge in [0.05, 0.1) is 36.5 Å². The second-order valence-electron chi connectivity index (χ2n) is 8.36. The zero-order valence-electron chi connectivity index (χ0n) is 20.4. The van der Waals surface area contributed by atoms with Gasteiger partial charge in [-0.15, -0.1) is 0 Å². The minimum absolute atomic E-state index is 0.00176. The number of hydrogen-bond donors (Lipinski definition) is 1. The first-order valence-electron chi connectivity index (χ1n) is 11.8. The van der Waals surface area contributed by atoms with Gasteiger partial charge in [0.2, 0.25) is 0 Å². The summed E-state index contributed by atoms with van der Waals surface area (Å²) in [5.74, 6) is -2.55. The number of ketones is 1. The molecular weight excluding hydrogens is 461 g/mol. The fourth-order valence-corrected chi connectivity index (χ4v) is 4.52. The molecule has 0 saturated carbocycles. The minimum atomic E-state index is -0.897. The summed E-state index contributed by atoms with van der Waals surface area (Å²) >= 11 is 0. The molecule has 186 valence electrons. The number of halogens is 1. The number of likely N-dealkylation sites (tertiary alicyclic amines) is 1. The average Bonchev–Trinajstić information content (AvgIpc) is 3.15. The van der Waals surface area contributed by atoms with Crippen molar-refractivity contribution in [2.24, 2.45) is 0 Å². The molecule has 7 nitrogen and oxygen atoms in total. The standard InChI is InChI=1S/C28H28FN3O4/c1-4-31(5-2)21-12-9-18(10-13-21)25-24(26(33)22-16-19(29)11-14-23(22)36-3)27(34)28(35)32(25)17-20-8-6-7-15-30-20/h6-16,25,33H,4-5,17H2,1-3H3/b26-24+. The summed E-state index contributed by atoms with van der Waals surface area (Å²) < 4.78 is 19.4. The van der Waals surface area contributed by atoms with Crippen LogP contribution in [-0.2, 0) is 16.1 Å². The molecule has 1 fully saturated rings. The molecule has 2 heterocycles. The Bertz CT molecular complexity index is 1290. The number of methoxy groups -OCH3 is 1. The van der Waals surface area contributed by atoms with Crippen LogP contribution in [0, 0.1) is 5.82 Å². The average molecular weight is 490 g/mol. The summed E-state index contributed by atoms with van der Waals surface area (Å²) in [5.41, 5.74) is 2.09. The number of nitrogens with zero attached hydrogens (tertiary/aromatic N) is 3. The van der Waals surface area contributed by atoms with Crippen molar-refractivity contribution in [2.75, 3.05) is 25.1 Å². The zero-order chi connectivity index (χ0) is 25.8. The van der Waals surface area contributed by atoms with Crippen molar-refractivity contribution in [3.63, 3.8) is 0 Å². The van der Waals surface area contributed by atoms with Gasteiger partial charge in [0.1, 0.15) is 17.3 Å². The molecule has 4 rings (SSSR count). The van der Waals surface area contributed by atoms with E-state index in [4.69, 9.17) is 4.74 Å². The lowest BCUT2D eigenvalue weighted by Crippen LogP contribution is -2.29. The molecule has 1 atom stereocenters. The summed E-state index contributed by atoms with van der Waals surface area (Å²) in [6.07, 6.45) is 1.61. The number of Topliss-reactive ketones (excluding diaryl/α,β-unsaturated/α-hetero) is 1. The molecule has 0 radical (unpaired) electrons. The van der Waals surface area contributed by atoms with Crippen LogP contribution in [0.3, 0.4) is 0 Å². The fraction of sp³-hybridized carbons (Fsp3) is 0.250. The Morgan fingerprint density at radius 2 is 1.81 bits per heavy atom. The number of carbonyl (C=O) groups excluding carboxylic acids is 2. The predicted molar refractivity (Wildman–Crippen MR) is 135 cm³/mol. The van der Waals surface area contributed by atoms with Crippen molar-refractivity contribution in [3.05, 3.63) is 95.1 Å². The maximum atomic E-state index is 14.1. The highest BCUT2D eigenvalue weighted by atomic mass is 19.1. The molecule has 0 aliphatic carbocycles. The SMILES string of the molecule is CCN(CC)c1ccc(C2/C(=C(\O)c3cc(F)ccc3OC)C(=O)C(=O)N2Cc2ccccn2)cc1. The summed E-state index contributed by atoms with van der Waals surface area (Å²) in [5, 5.41) is 11.3. The Balaban J connectivity index is 1.88. The lowest BCUT2D eigenvalue weighted by molar-refractivity contribution is -0.140. The third-order valence-corrected chi connectivity index (χ3v) is 6.35. The zero-order valence-corrected chi connectivity index (χ0v) is 20.4. The number of anilines is 1. The summed E-state index contributed by atoms with van der Waals surface area (Å²) in [4.78, 5) is 34.4. The van der Waals surface area contributed by atoms with Crippen LogP contribution >= 0.6 is 0 Å². The third kappa shape index (κ3) is 4.66. The molecule has 1 amide bonds. The molecule has 1 unspecified atom stereocenters. The third-order valence-electron chi connectivity index (χ3n) is 6.35. The number of amides is 1. The number of rotatable bonds is 8. The summed E-state index contributed by atoms with van der Waals surface area (Å²) in [6, 6.07) is 15.6. The van der Waals surface area contributed by atoms with Gasteiger partial charge in [0.25, 0.3) is 11.7 Å². The molecule has 1 saturated heterocycles. The molecule has 1 aliphatic heterocycles. The van der Waals surface area contributed by atoms with Crippen molar-refractivity contribution in [1.29, 1.82) is 0 Å². The Morgan fingerprint density at radius 1 is 1.08 bits per heavy atom. The van der Waals surface area contributed by atoms with Crippen LogP contribution in [0.4, 0.5) is 10.1 Å². The van der Waals surface area contributed by atoms with Crippen molar-refractivity contribution in [1.82, 2.24) is 9.88 Å². The molecule has 2 aromatic carbocycles. The minimum Gasteiger partial charge on any atom is -0.507 e. The van der Waals surface area contributed by atoms with Gasteiger partial charge in [-0.2, -0.15) is 0 Å². The molecule has 3 aromatic rings. The van der Waals surface area contributed by atoms with E-state index in [1.54, 1.807) is 24.4 Å². The van der Waals surface area contributed by atoms with Gasteiger partial charge in [-0.1, -0.05) is 18.2 Å². The van der Waals surface area contributed by atoms with Gasteiger partial charge < -0.3 is 19.6 Å². The maximum absolute atomic E-state index is 14.1. The van der Waals surface area contributed by atoms with Crippen molar-refractivity contribution in [2.45, 2.75) is 26.4 Å². The molecule has 1 N–H and O–H groups in total. The van der Waals surface area contributed by atoms with E-state index in [0.717, 1.165) is 24.8 Å². The molecule has 1 aromatic heterocycles. The van der Waals surface area contributed by atoms with E-state index in [2.05, 4.69) is 23.7 Å². The predicted octanol–water partition coefficient (Wildman–Crippen LogP) is 4.70. The van der Waals surface area contributed by atoms with Gasteiger partial charge in [-0.25, -0.2) is 4.39 Å². The van der Waals surface area contributed by atoms with Crippen LogP contribution in [0.5, 0.6) is 5.75 Å². The van der Waals surface area contributed by atoms with Gasteiger partial charge in [0.15, 0.2) is 0 Å². The van der Waals surface area contributed by atoms with Gasteiger partial charge in [-0.05, 0) is 61.9 Å². The van der Waals surface area contributed by atoms with Crippen LogP contribution in [-0.4, -0.2) is 46.9 Å². The second kappa shape index (κ2) is 10.6. The number of hydrogen-bond acceptors (Lipinski definition) is 6. The Hall–Kier alpha value is -4.20. The lowest BCUT2D eigenvalue weighted by Gasteiger charge is -2.26. The van der Waals surface area contributed by atoms with Crippen LogP contribution in [0.15, 0.2) is 72.4 Å². The van der Waals surface area contributed by atoms with E-state index in [9.17, 15) is 19.1 Å². The largest absolute Gasteiger partial charge is 0.507 e. The van der Waals surface area contributed by atoms with Crippen molar-refractivity contribution < 1.29 is 23.8 Å². The van der Waals surface area contributed by atoms with Gasteiger partial charge >= 0.3 is 0 Å². The van der Waals surface area contributed by atoms with Crippen LogP contribution in [0.1, 0.15) is 36.7 Å². The highest BCUT2D eigenvalue weighted by Crippen LogP contribution is 2.42. The van der Waals surface area contributed by atoms with E-state index >= 15 is 0 Å². The Morgan fingerprint density at radius 3 is 2.42 bits per heavy atom. The van der Waals surface area contributed by atoms with Crippen LogP contribution in [0.25, 0.3) is 5.76 Å². The van der Waals surface area contributed by atoms with E-state index < -0.39 is 29.3 Å². The fourth-order valence-electron chi connectivity index (χ4n) is 4.52. The highest BCUT2D eigenvalue weighted by Gasteiger charge is 2.46. The van der Waals surface area contributed by atoms with Crippen molar-refractivity contribution in [3.8, 4) is 5.75 Å². The first-order chi connectivity index (χ1) is 17.4. The quantitative estimate of drug-likeness (QED) is 0.281. The molecule has 36 heavy (non-hydrogen) atoms. The number of aliphatic hydroxyl groups is 1. The molecule has 0 bridgehead atoms. The van der Waals surface area contributed by atoms with Crippen LogP contribution < -0.4 is 9.64 Å². The number of ether oxygens (including phenoxy) is 1. The summed E-state index contributed by atoms with van der Waals surface area (Å²) in [6.45, 7) is 5.84. The number of aromatic nitrogens is 1. The van der Waals surface area contributed by atoms with Crippen LogP contribution in [0.2, 0.25) is 0 Å².